The summed E-state index contributed by atoms with van der Waals surface area (Å²) in [6.45, 7) is 7.73. The fourth-order valence-electron chi connectivity index (χ4n) is 4.56. The van der Waals surface area contributed by atoms with Gasteiger partial charge in [-0.25, -0.2) is 4.79 Å². The lowest BCUT2D eigenvalue weighted by molar-refractivity contribution is 0.0498. The van der Waals surface area contributed by atoms with E-state index in [2.05, 4.69) is 52.7 Å². The Balaban J connectivity index is 1.48. The van der Waals surface area contributed by atoms with Crippen molar-refractivity contribution in [2.75, 3.05) is 11.4 Å². The van der Waals surface area contributed by atoms with E-state index in [1.165, 1.54) is 40.8 Å². The number of hydrogen-bond donors (Lipinski definition) is 1. The number of amides is 1. The van der Waals surface area contributed by atoms with Gasteiger partial charge in [-0.2, -0.15) is 0 Å². The molecular formula is C25H32N2O2. The Hall–Kier alpha value is -2.49. The van der Waals surface area contributed by atoms with Gasteiger partial charge in [0.05, 0.1) is 6.04 Å². The Labute approximate surface area is 174 Å². The van der Waals surface area contributed by atoms with Gasteiger partial charge in [-0.15, -0.1) is 0 Å². The molecule has 0 bridgehead atoms. The maximum Gasteiger partial charge on any atom is 0.408 e. The molecule has 154 valence electrons. The van der Waals surface area contributed by atoms with Crippen molar-refractivity contribution in [3.05, 3.63) is 64.7 Å². The normalized spacial score (nSPS) is 18.6. The van der Waals surface area contributed by atoms with Crippen molar-refractivity contribution < 1.29 is 9.53 Å². The van der Waals surface area contributed by atoms with Crippen LogP contribution in [0, 0.1) is 0 Å². The highest BCUT2D eigenvalue weighted by atomic mass is 16.6. The summed E-state index contributed by atoms with van der Waals surface area (Å²) in [5.41, 5.74) is 6.30. The Morgan fingerprint density at radius 1 is 1.10 bits per heavy atom. The van der Waals surface area contributed by atoms with E-state index in [1.807, 2.05) is 20.8 Å². The van der Waals surface area contributed by atoms with E-state index in [0.29, 0.717) is 0 Å². The van der Waals surface area contributed by atoms with E-state index in [-0.39, 0.29) is 12.1 Å². The number of benzene rings is 2. The third-order valence-corrected chi connectivity index (χ3v) is 5.79. The van der Waals surface area contributed by atoms with Gasteiger partial charge in [0.15, 0.2) is 0 Å². The van der Waals surface area contributed by atoms with Crippen LogP contribution < -0.4 is 10.2 Å². The van der Waals surface area contributed by atoms with Gasteiger partial charge in [0.2, 0.25) is 0 Å². The molecule has 29 heavy (non-hydrogen) atoms. The lowest BCUT2D eigenvalue weighted by Crippen LogP contribution is -2.36. The summed E-state index contributed by atoms with van der Waals surface area (Å²) in [5, 5.41) is 3.07. The third-order valence-electron chi connectivity index (χ3n) is 5.79. The summed E-state index contributed by atoms with van der Waals surface area (Å²) < 4.78 is 5.46. The number of hydrogen-bond acceptors (Lipinski definition) is 3. The number of carbonyl (C=O) groups is 1. The van der Waals surface area contributed by atoms with Gasteiger partial charge in [0, 0.05) is 18.8 Å². The largest absolute Gasteiger partial charge is 0.444 e. The van der Waals surface area contributed by atoms with Crippen LogP contribution in [-0.4, -0.2) is 18.2 Å². The predicted molar refractivity (Wildman–Crippen MR) is 117 cm³/mol. The highest BCUT2D eigenvalue weighted by Crippen LogP contribution is 2.32. The van der Waals surface area contributed by atoms with Crippen LogP contribution >= 0.6 is 0 Å². The molecule has 0 saturated heterocycles. The fraction of sp³-hybridized carbons (Fsp3) is 0.480. The third kappa shape index (κ3) is 4.75. The van der Waals surface area contributed by atoms with Crippen LogP contribution in [0.25, 0.3) is 0 Å². The van der Waals surface area contributed by atoms with Crippen molar-refractivity contribution in [1.82, 2.24) is 5.32 Å². The zero-order valence-electron chi connectivity index (χ0n) is 17.8. The highest BCUT2D eigenvalue weighted by Gasteiger charge is 2.25. The first-order valence-electron chi connectivity index (χ1n) is 10.8. The van der Waals surface area contributed by atoms with Crippen LogP contribution in [0.3, 0.4) is 0 Å². The molecule has 1 amide bonds. The molecule has 4 rings (SSSR count). The zero-order valence-corrected chi connectivity index (χ0v) is 17.8. The van der Waals surface area contributed by atoms with Crippen molar-refractivity contribution >= 4 is 11.8 Å². The Morgan fingerprint density at radius 3 is 2.72 bits per heavy atom. The summed E-state index contributed by atoms with van der Waals surface area (Å²) in [7, 11) is 0. The summed E-state index contributed by atoms with van der Waals surface area (Å²) in [5.74, 6) is 0. The molecule has 4 nitrogen and oxygen atoms in total. The lowest BCUT2D eigenvalue weighted by Gasteiger charge is -2.32. The molecule has 0 saturated carbocycles. The van der Waals surface area contributed by atoms with Gasteiger partial charge in [0.25, 0.3) is 0 Å². The van der Waals surface area contributed by atoms with Gasteiger partial charge < -0.3 is 15.0 Å². The molecule has 2 aliphatic rings. The topological polar surface area (TPSA) is 41.6 Å². The predicted octanol–water partition coefficient (Wildman–Crippen LogP) is 5.54. The van der Waals surface area contributed by atoms with Crippen LogP contribution in [-0.2, 0) is 24.1 Å². The van der Waals surface area contributed by atoms with Gasteiger partial charge in [-0.1, -0.05) is 36.4 Å². The van der Waals surface area contributed by atoms with E-state index < -0.39 is 5.60 Å². The average Bonchev–Trinajstić information content (AvgIpc) is 2.67. The second kappa shape index (κ2) is 8.10. The van der Waals surface area contributed by atoms with Crippen LogP contribution in [0.5, 0.6) is 0 Å². The van der Waals surface area contributed by atoms with Gasteiger partial charge in [-0.05, 0) is 81.2 Å². The van der Waals surface area contributed by atoms with Gasteiger partial charge in [-0.3, -0.25) is 0 Å². The first-order chi connectivity index (χ1) is 13.9. The molecular weight excluding hydrogens is 360 g/mol. The lowest BCUT2D eigenvalue weighted by atomic mass is 9.86. The molecule has 1 aliphatic carbocycles. The van der Waals surface area contributed by atoms with Crippen LogP contribution in [0.1, 0.15) is 68.3 Å². The molecule has 0 spiro atoms. The molecule has 1 aliphatic heterocycles. The second-order valence-electron chi connectivity index (χ2n) is 9.28. The summed E-state index contributed by atoms with van der Waals surface area (Å²) >= 11 is 0. The minimum atomic E-state index is -0.476. The summed E-state index contributed by atoms with van der Waals surface area (Å²) in [4.78, 5) is 14.7. The number of nitrogens with one attached hydrogen (secondary N) is 1. The Bertz CT molecular complexity index is 885. The van der Waals surface area contributed by atoms with E-state index in [9.17, 15) is 4.79 Å². The van der Waals surface area contributed by atoms with Crippen molar-refractivity contribution in [2.24, 2.45) is 0 Å². The highest BCUT2D eigenvalue weighted by molar-refractivity contribution is 5.68. The van der Waals surface area contributed by atoms with Crippen molar-refractivity contribution in [2.45, 2.75) is 71.1 Å². The van der Waals surface area contributed by atoms with Gasteiger partial charge >= 0.3 is 6.09 Å². The first-order valence-corrected chi connectivity index (χ1v) is 10.8. The summed E-state index contributed by atoms with van der Waals surface area (Å²) in [6.07, 6.45) is 5.18. The quantitative estimate of drug-likeness (QED) is 0.745. The molecule has 1 atom stereocenters. The minimum Gasteiger partial charge on any atom is -0.444 e. The number of rotatable bonds is 3. The smallest absolute Gasteiger partial charge is 0.408 e. The molecule has 1 N–H and O–H groups in total. The number of carbonyl (C=O) groups excluding carboxylic acids is 1. The second-order valence-corrected chi connectivity index (χ2v) is 9.28. The van der Waals surface area contributed by atoms with E-state index in [0.717, 1.165) is 32.4 Å². The maximum atomic E-state index is 12.2. The summed E-state index contributed by atoms with van der Waals surface area (Å²) in [6, 6.07) is 15.6. The molecule has 1 heterocycles. The molecule has 1 unspecified atom stereocenters. The molecule has 0 aromatic heterocycles. The van der Waals surface area contributed by atoms with E-state index in [1.54, 1.807) is 0 Å². The molecule has 2 aromatic carbocycles. The van der Waals surface area contributed by atoms with Crippen LogP contribution in [0.4, 0.5) is 10.5 Å². The first kappa shape index (κ1) is 19.8. The van der Waals surface area contributed by atoms with Crippen molar-refractivity contribution in [1.29, 1.82) is 0 Å². The number of aryl methyl sites for hydroxylation is 2. The monoisotopic (exact) mass is 392 g/mol. The van der Waals surface area contributed by atoms with E-state index in [4.69, 9.17) is 4.74 Å². The van der Waals surface area contributed by atoms with Crippen LogP contribution in [0.15, 0.2) is 42.5 Å². The fourth-order valence-corrected chi connectivity index (χ4v) is 4.56. The number of fused-ring (bicyclic) bond motifs is 2. The minimum absolute atomic E-state index is 0.0402. The number of para-hydroxylation sites is 1. The molecule has 0 fully saturated rings. The standard InChI is InChI=1S/C25H32N2O2/c1-25(2,3)29-24(28)26-22-11-6-9-20-16-18(13-14-21(20)22)17-27-15-7-10-19-8-4-5-12-23(19)27/h4-5,8,12-14,16,22H,6-7,9-11,15,17H2,1-3H3,(H,26,28). The Morgan fingerprint density at radius 2 is 1.90 bits per heavy atom. The maximum absolute atomic E-state index is 12.2. The number of alkyl carbamates (subject to hydrolysis) is 1. The van der Waals surface area contributed by atoms with Crippen molar-refractivity contribution in [3.63, 3.8) is 0 Å². The number of nitrogens with zero attached hydrogens (tertiary/aromatic N) is 1. The SMILES string of the molecule is CC(C)(C)OC(=O)NC1CCCc2cc(CN3CCCc4ccccc43)ccc21. The molecule has 0 radical (unpaired) electrons. The number of anilines is 1. The van der Waals surface area contributed by atoms with Crippen molar-refractivity contribution in [3.8, 4) is 0 Å². The molecule has 4 heteroatoms. The zero-order chi connectivity index (χ0) is 20.4. The number of ether oxygens (including phenoxy) is 1. The van der Waals surface area contributed by atoms with E-state index >= 15 is 0 Å². The molecule has 2 aromatic rings. The Kier molecular flexibility index (Phi) is 5.53. The van der Waals surface area contributed by atoms with Crippen LogP contribution in [0.2, 0.25) is 0 Å². The van der Waals surface area contributed by atoms with Gasteiger partial charge in [0.1, 0.15) is 5.60 Å². The average molecular weight is 393 g/mol.